The molecule has 0 spiro atoms. The van der Waals surface area contributed by atoms with Crippen LogP contribution in [0.4, 0.5) is 5.69 Å². The van der Waals surface area contributed by atoms with Gasteiger partial charge in [0.2, 0.25) is 0 Å². The maximum absolute atomic E-state index is 12.1. The third kappa shape index (κ3) is 4.11. The molecule has 1 aromatic rings. The molecule has 2 unspecified atom stereocenters. The molecule has 21 heavy (non-hydrogen) atoms. The lowest BCUT2D eigenvalue weighted by Gasteiger charge is -2.27. The molecule has 1 fully saturated rings. The van der Waals surface area contributed by atoms with Crippen LogP contribution in [0.25, 0.3) is 0 Å². The third-order valence-corrected chi connectivity index (χ3v) is 3.97. The van der Waals surface area contributed by atoms with Crippen LogP contribution in [0.1, 0.15) is 43.0 Å². The van der Waals surface area contributed by atoms with Crippen LogP contribution in [-0.4, -0.2) is 30.3 Å². The van der Waals surface area contributed by atoms with Crippen LogP contribution in [0.3, 0.4) is 0 Å². The number of nitrogens with two attached hydrogens (primary N) is 1. The minimum absolute atomic E-state index is 0.155. The molecule has 4 N–H and O–H groups in total. The summed E-state index contributed by atoms with van der Waals surface area (Å²) in [5, 5.41) is 12.8. The molecule has 0 bridgehead atoms. The van der Waals surface area contributed by atoms with Crippen molar-refractivity contribution in [3.63, 3.8) is 0 Å². The quantitative estimate of drug-likeness (QED) is 0.724. The number of nitrogen functional groups attached to an aromatic ring is 1. The van der Waals surface area contributed by atoms with Gasteiger partial charge < -0.3 is 20.9 Å². The molecule has 5 heteroatoms. The largest absolute Gasteiger partial charge is 0.492 e. The monoisotopic (exact) mass is 292 g/mol. The Bertz CT molecular complexity index is 490. The Balaban J connectivity index is 1.92. The van der Waals surface area contributed by atoms with Crippen molar-refractivity contribution in [2.45, 2.75) is 38.7 Å². The fraction of sp³-hybridized carbons (Fsp3) is 0.562. The van der Waals surface area contributed by atoms with E-state index < -0.39 is 0 Å². The van der Waals surface area contributed by atoms with Crippen molar-refractivity contribution in [3.8, 4) is 5.75 Å². The maximum atomic E-state index is 12.1. The van der Waals surface area contributed by atoms with Crippen LogP contribution >= 0.6 is 0 Å². The molecule has 0 heterocycles. The number of ether oxygens (including phenoxy) is 1. The van der Waals surface area contributed by atoms with Gasteiger partial charge in [-0.05, 0) is 38.0 Å². The Hall–Kier alpha value is -1.75. The number of rotatable bonds is 5. The second kappa shape index (κ2) is 7.31. The van der Waals surface area contributed by atoms with Crippen LogP contribution in [0, 0.1) is 5.92 Å². The van der Waals surface area contributed by atoms with Gasteiger partial charge in [0.25, 0.3) is 5.91 Å². The molecule has 1 aliphatic carbocycles. The van der Waals surface area contributed by atoms with E-state index in [0.717, 1.165) is 25.7 Å². The number of benzene rings is 1. The highest BCUT2D eigenvalue weighted by Gasteiger charge is 2.23. The van der Waals surface area contributed by atoms with E-state index in [-0.39, 0.29) is 17.9 Å². The molecule has 2 rings (SSSR count). The summed E-state index contributed by atoms with van der Waals surface area (Å²) in [6.45, 7) is 2.93. The SMILES string of the molecule is CCOc1ccc(C(=O)NCC2CCCCC2O)cc1N. The van der Waals surface area contributed by atoms with Gasteiger partial charge in [0.15, 0.2) is 0 Å². The van der Waals surface area contributed by atoms with Crippen molar-refractivity contribution < 1.29 is 14.6 Å². The van der Waals surface area contributed by atoms with Gasteiger partial charge in [0, 0.05) is 18.0 Å². The van der Waals surface area contributed by atoms with Crippen LogP contribution in [0.5, 0.6) is 5.75 Å². The first-order chi connectivity index (χ1) is 10.1. The van der Waals surface area contributed by atoms with Gasteiger partial charge in [-0.1, -0.05) is 12.8 Å². The number of nitrogens with one attached hydrogen (secondary N) is 1. The molecule has 1 saturated carbocycles. The predicted molar refractivity (Wildman–Crippen MR) is 82.3 cm³/mol. The number of amides is 1. The predicted octanol–water partition coefficient (Wildman–Crippen LogP) is 1.95. The summed E-state index contributed by atoms with van der Waals surface area (Å²) in [5.41, 5.74) is 6.84. The van der Waals surface area contributed by atoms with Gasteiger partial charge in [0.05, 0.1) is 18.4 Å². The Labute approximate surface area is 125 Å². The first kappa shape index (κ1) is 15.6. The standard InChI is InChI=1S/C16H24N2O3/c1-2-21-15-8-7-11(9-13(15)17)16(20)18-10-12-5-3-4-6-14(12)19/h7-9,12,14,19H,2-6,10,17H2,1H3,(H,18,20). The first-order valence-corrected chi connectivity index (χ1v) is 7.60. The minimum atomic E-state index is -0.301. The maximum Gasteiger partial charge on any atom is 0.251 e. The molecular weight excluding hydrogens is 268 g/mol. The normalized spacial score (nSPS) is 21.8. The fourth-order valence-corrected chi connectivity index (χ4v) is 2.73. The zero-order valence-electron chi connectivity index (χ0n) is 12.5. The van der Waals surface area contributed by atoms with Crippen LogP contribution < -0.4 is 15.8 Å². The molecular formula is C16H24N2O3. The lowest BCUT2D eigenvalue weighted by Crippen LogP contribution is -2.36. The number of hydrogen-bond acceptors (Lipinski definition) is 4. The van der Waals surface area contributed by atoms with Gasteiger partial charge in [0.1, 0.15) is 5.75 Å². The molecule has 0 aliphatic heterocycles. The molecule has 0 saturated heterocycles. The van der Waals surface area contributed by atoms with Crippen molar-refractivity contribution in [2.75, 3.05) is 18.9 Å². The second-order valence-electron chi connectivity index (χ2n) is 5.51. The molecule has 0 radical (unpaired) electrons. The minimum Gasteiger partial charge on any atom is -0.492 e. The molecule has 5 nitrogen and oxygen atoms in total. The third-order valence-electron chi connectivity index (χ3n) is 3.97. The number of hydrogen-bond donors (Lipinski definition) is 3. The van der Waals surface area contributed by atoms with Crippen LogP contribution in [0.2, 0.25) is 0 Å². The van der Waals surface area contributed by atoms with Gasteiger partial charge in [-0.3, -0.25) is 4.79 Å². The van der Waals surface area contributed by atoms with Gasteiger partial charge in [-0.2, -0.15) is 0 Å². The number of carbonyl (C=O) groups is 1. The Morgan fingerprint density at radius 1 is 1.43 bits per heavy atom. The summed E-state index contributed by atoms with van der Waals surface area (Å²) >= 11 is 0. The highest BCUT2D eigenvalue weighted by atomic mass is 16.5. The highest BCUT2D eigenvalue weighted by molar-refractivity contribution is 5.95. The van der Waals surface area contributed by atoms with E-state index in [1.165, 1.54) is 0 Å². The summed E-state index contributed by atoms with van der Waals surface area (Å²) in [6.07, 6.45) is 3.68. The number of aliphatic hydroxyl groups excluding tert-OH is 1. The number of carbonyl (C=O) groups excluding carboxylic acids is 1. The molecule has 1 amide bonds. The second-order valence-corrected chi connectivity index (χ2v) is 5.51. The van der Waals surface area contributed by atoms with Crippen molar-refractivity contribution in [2.24, 2.45) is 5.92 Å². The van der Waals surface area contributed by atoms with Crippen LogP contribution in [0.15, 0.2) is 18.2 Å². The smallest absolute Gasteiger partial charge is 0.251 e. The van der Waals surface area contributed by atoms with Gasteiger partial charge >= 0.3 is 0 Å². The van der Waals surface area contributed by atoms with Gasteiger partial charge in [-0.15, -0.1) is 0 Å². The lowest BCUT2D eigenvalue weighted by atomic mass is 9.86. The Morgan fingerprint density at radius 2 is 2.19 bits per heavy atom. The molecule has 2 atom stereocenters. The van der Waals surface area contributed by atoms with Crippen molar-refractivity contribution in [1.82, 2.24) is 5.32 Å². The van der Waals surface area contributed by atoms with E-state index in [0.29, 0.717) is 30.2 Å². The lowest BCUT2D eigenvalue weighted by molar-refractivity contribution is 0.0663. The number of aliphatic hydroxyl groups is 1. The van der Waals surface area contributed by atoms with Gasteiger partial charge in [-0.25, -0.2) is 0 Å². The molecule has 1 aliphatic rings. The summed E-state index contributed by atoms with van der Waals surface area (Å²) in [6, 6.07) is 5.04. The Morgan fingerprint density at radius 3 is 2.86 bits per heavy atom. The average molecular weight is 292 g/mol. The van der Waals surface area contributed by atoms with Crippen molar-refractivity contribution >= 4 is 11.6 Å². The van der Waals surface area contributed by atoms with E-state index in [1.54, 1.807) is 18.2 Å². The van der Waals surface area contributed by atoms with Crippen LogP contribution in [-0.2, 0) is 0 Å². The summed E-state index contributed by atoms with van der Waals surface area (Å²) < 4.78 is 5.35. The van der Waals surface area contributed by atoms with E-state index in [4.69, 9.17) is 10.5 Å². The number of anilines is 1. The first-order valence-electron chi connectivity index (χ1n) is 7.60. The zero-order valence-corrected chi connectivity index (χ0v) is 12.5. The molecule has 1 aromatic carbocycles. The summed E-state index contributed by atoms with van der Waals surface area (Å²) in [4.78, 5) is 12.1. The molecule has 0 aromatic heterocycles. The zero-order chi connectivity index (χ0) is 15.2. The van der Waals surface area contributed by atoms with Crippen molar-refractivity contribution in [3.05, 3.63) is 23.8 Å². The van der Waals surface area contributed by atoms with E-state index in [2.05, 4.69) is 5.32 Å². The fourth-order valence-electron chi connectivity index (χ4n) is 2.73. The molecule has 116 valence electrons. The van der Waals surface area contributed by atoms with E-state index >= 15 is 0 Å². The summed E-state index contributed by atoms with van der Waals surface area (Å²) in [7, 11) is 0. The highest BCUT2D eigenvalue weighted by Crippen LogP contribution is 2.24. The average Bonchev–Trinajstić information content (AvgIpc) is 2.48. The van der Waals surface area contributed by atoms with E-state index in [1.807, 2.05) is 6.92 Å². The van der Waals surface area contributed by atoms with E-state index in [9.17, 15) is 9.90 Å². The van der Waals surface area contributed by atoms with Crippen molar-refractivity contribution in [1.29, 1.82) is 0 Å². The topological polar surface area (TPSA) is 84.6 Å². The summed E-state index contributed by atoms with van der Waals surface area (Å²) in [5.74, 6) is 0.585. The Kier molecular flexibility index (Phi) is 5.44.